The van der Waals surface area contributed by atoms with Crippen molar-refractivity contribution in [3.05, 3.63) is 0 Å². The lowest BCUT2D eigenvalue weighted by molar-refractivity contribution is -0.156. The zero-order valence-corrected chi connectivity index (χ0v) is 9.12. The van der Waals surface area contributed by atoms with Crippen LogP contribution in [0.25, 0.3) is 0 Å². The molecule has 0 aliphatic heterocycles. The highest BCUT2D eigenvalue weighted by atomic mass is 32.2. The van der Waals surface area contributed by atoms with Crippen LogP contribution in [0.3, 0.4) is 0 Å². The number of thioether (sulfide) groups is 1. The largest absolute Gasteiger partial charge is 0.481 e. The fraction of sp³-hybridized carbons (Fsp3) is 0.889. The summed E-state index contributed by atoms with van der Waals surface area (Å²) in [5, 5.41) is 28.2. The molecule has 5 heteroatoms. The molecule has 4 atom stereocenters. The Labute approximate surface area is 87.3 Å². The van der Waals surface area contributed by atoms with Crippen LogP contribution in [0.1, 0.15) is 19.8 Å². The fourth-order valence-corrected chi connectivity index (χ4v) is 2.58. The third-order valence-electron chi connectivity index (χ3n) is 3.07. The van der Waals surface area contributed by atoms with E-state index >= 15 is 0 Å². The molecule has 3 N–H and O–H groups in total. The van der Waals surface area contributed by atoms with E-state index < -0.39 is 28.8 Å². The van der Waals surface area contributed by atoms with Crippen molar-refractivity contribution in [3.63, 3.8) is 0 Å². The lowest BCUT2D eigenvalue weighted by Crippen LogP contribution is -2.53. The molecule has 1 aliphatic rings. The summed E-state index contributed by atoms with van der Waals surface area (Å²) >= 11 is 1.45. The molecule has 0 bridgehead atoms. The highest BCUT2D eigenvalue weighted by Gasteiger charge is 2.48. The molecular formula is C9H16O4S. The monoisotopic (exact) mass is 220 g/mol. The van der Waals surface area contributed by atoms with Crippen molar-refractivity contribution in [2.45, 2.75) is 36.7 Å². The molecular weight excluding hydrogens is 204 g/mol. The molecule has 4 nitrogen and oxygen atoms in total. The van der Waals surface area contributed by atoms with Gasteiger partial charge in [0.25, 0.3) is 0 Å². The van der Waals surface area contributed by atoms with Gasteiger partial charge in [-0.3, -0.25) is 4.79 Å². The second-order valence-electron chi connectivity index (χ2n) is 3.93. The Morgan fingerprint density at radius 1 is 1.50 bits per heavy atom. The first-order valence-corrected chi connectivity index (χ1v) is 5.79. The van der Waals surface area contributed by atoms with Crippen molar-refractivity contribution in [1.29, 1.82) is 0 Å². The Bertz CT molecular complexity index is 233. The van der Waals surface area contributed by atoms with Crippen molar-refractivity contribution < 1.29 is 20.1 Å². The maximum atomic E-state index is 10.8. The Morgan fingerprint density at radius 2 is 2.07 bits per heavy atom. The van der Waals surface area contributed by atoms with E-state index in [0.717, 1.165) is 0 Å². The average Bonchev–Trinajstić information content (AvgIpc) is 2.12. The molecule has 4 unspecified atom stereocenters. The predicted octanol–water partition coefficient (Wildman–Crippen LogP) is 0.324. The van der Waals surface area contributed by atoms with Gasteiger partial charge in [0.15, 0.2) is 0 Å². The van der Waals surface area contributed by atoms with Gasteiger partial charge in [0.2, 0.25) is 0 Å². The van der Waals surface area contributed by atoms with Crippen LogP contribution in [0.5, 0.6) is 0 Å². The van der Waals surface area contributed by atoms with Crippen LogP contribution in [-0.4, -0.2) is 44.5 Å². The van der Waals surface area contributed by atoms with Crippen LogP contribution in [0.4, 0.5) is 0 Å². The van der Waals surface area contributed by atoms with Gasteiger partial charge in [0.05, 0.1) is 12.2 Å². The van der Waals surface area contributed by atoms with Gasteiger partial charge in [-0.2, -0.15) is 11.8 Å². The van der Waals surface area contributed by atoms with Gasteiger partial charge in [0, 0.05) is 4.75 Å². The molecule has 0 amide bonds. The van der Waals surface area contributed by atoms with Crippen LogP contribution in [0.2, 0.25) is 0 Å². The van der Waals surface area contributed by atoms with Crippen molar-refractivity contribution in [2.75, 3.05) is 6.26 Å². The second-order valence-corrected chi connectivity index (χ2v) is 5.27. The van der Waals surface area contributed by atoms with Gasteiger partial charge in [-0.25, -0.2) is 0 Å². The van der Waals surface area contributed by atoms with E-state index in [9.17, 15) is 15.0 Å². The SMILES string of the molecule is CSC1(C)CCC(O)C(C(=O)O)C1O. The zero-order chi connectivity index (χ0) is 10.9. The Hall–Kier alpha value is -0.260. The number of aliphatic hydroxyl groups excluding tert-OH is 2. The van der Waals surface area contributed by atoms with Crippen molar-refractivity contribution in [3.8, 4) is 0 Å². The molecule has 0 aromatic carbocycles. The average molecular weight is 220 g/mol. The number of hydrogen-bond donors (Lipinski definition) is 3. The number of carbonyl (C=O) groups is 1. The highest BCUT2D eigenvalue weighted by molar-refractivity contribution is 8.00. The minimum atomic E-state index is -1.12. The van der Waals surface area contributed by atoms with Gasteiger partial charge >= 0.3 is 5.97 Å². The first-order chi connectivity index (χ1) is 6.42. The van der Waals surface area contributed by atoms with Crippen LogP contribution in [-0.2, 0) is 4.79 Å². The van der Waals surface area contributed by atoms with Crippen LogP contribution in [0.15, 0.2) is 0 Å². The van der Waals surface area contributed by atoms with Crippen LogP contribution >= 0.6 is 11.8 Å². The number of aliphatic hydroxyl groups is 2. The molecule has 14 heavy (non-hydrogen) atoms. The Balaban J connectivity index is 2.88. The lowest BCUT2D eigenvalue weighted by atomic mass is 9.77. The van der Waals surface area contributed by atoms with Gasteiger partial charge in [-0.05, 0) is 26.0 Å². The van der Waals surface area contributed by atoms with Crippen molar-refractivity contribution in [2.24, 2.45) is 5.92 Å². The predicted molar refractivity (Wildman–Crippen MR) is 54.3 cm³/mol. The Kier molecular flexibility index (Phi) is 3.44. The fourth-order valence-electron chi connectivity index (χ4n) is 1.87. The second kappa shape index (κ2) is 4.08. The topological polar surface area (TPSA) is 77.8 Å². The molecule has 0 radical (unpaired) electrons. The van der Waals surface area contributed by atoms with Crippen molar-refractivity contribution >= 4 is 17.7 Å². The quantitative estimate of drug-likeness (QED) is 0.625. The summed E-state index contributed by atoms with van der Waals surface area (Å²) in [4.78, 5) is 10.8. The van der Waals surface area contributed by atoms with Gasteiger partial charge in [-0.1, -0.05) is 0 Å². The minimum absolute atomic E-state index is 0.436. The first kappa shape index (κ1) is 11.8. The van der Waals surface area contributed by atoms with Crippen LogP contribution < -0.4 is 0 Å². The molecule has 0 aromatic heterocycles. The summed E-state index contributed by atoms with van der Waals surface area (Å²) in [6.45, 7) is 1.84. The van der Waals surface area contributed by atoms with Gasteiger partial charge < -0.3 is 15.3 Å². The number of hydrogen-bond acceptors (Lipinski definition) is 4. The molecule has 82 valence electrons. The van der Waals surface area contributed by atoms with Crippen LogP contribution in [0, 0.1) is 5.92 Å². The molecule has 0 saturated heterocycles. The summed E-state index contributed by atoms with van der Waals surface area (Å²) in [5.74, 6) is -2.17. The summed E-state index contributed by atoms with van der Waals surface area (Å²) < 4.78 is -0.456. The zero-order valence-electron chi connectivity index (χ0n) is 8.30. The molecule has 0 aromatic rings. The minimum Gasteiger partial charge on any atom is -0.481 e. The summed E-state index contributed by atoms with van der Waals surface area (Å²) in [6.07, 6.45) is 1.01. The molecule has 1 saturated carbocycles. The van der Waals surface area contributed by atoms with E-state index in [1.54, 1.807) is 0 Å². The number of aliphatic carboxylic acids is 1. The smallest absolute Gasteiger partial charge is 0.311 e. The van der Waals surface area contributed by atoms with E-state index in [1.807, 2.05) is 13.2 Å². The lowest BCUT2D eigenvalue weighted by Gasteiger charge is -2.42. The summed E-state index contributed by atoms with van der Waals surface area (Å²) in [5.41, 5.74) is 0. The maximum absolute atomic E-state index is 10.8. The maximum Gasteiger partial charge on any atom is 0.311 e. The van der Waals surface area contributed by atoms with E-state index in [4.69, 9.17) is 5.11 Å². The number of rotatable bonds is 2. The van der Waals surface area contributed by atoms with E-state index in [0.29, 0.717) is 12.8 Å². The van der Waals surface area contributed by atoms with Gasteiger partial charge in [0.1, 0.15) is 5.92 Å². The molecule has 0 spiro atoms. The number of carboxylic acids is 1. The summed E-state index contributed by atoms with van der Waals surface area (Å²) in [7, 11) is 0. The Morgan fingerprint density at radius 3 is 2.50 bits per heavy atom. The third kappa shape index (κ3) is 1.89. The normalized spacial score (nSPS) is 43.6. The van der Waals surface area contributed by atoms with E-state index in [1.165, 1.54) is 11.8 Å². The highest BCUT2D eigenvalue weighted by Crippen LogP contribution is 2.41. The van der Waals surface area contributed by atoms with E-state index in [-0.39, 0.29) is 0 Å². The molecule has 0 heterocycles. The first-order valence-electron chi connectivity index (χ1n) is 4.56. The molecule has 1 aliphatic carbocycles. The molecule has 1 rings (SSSR count). The summed E-state index contributed by atoms with van der Waals surface area (Å²) in [6, 6.07) is 0. The van der Waals surface area contributed by atoms with E-state index in [2.05, 4.69) is 0 Å². The third-order valence-corrected chi connectivity index (χ3v) is 4.45. The molecule has 1 fully saturated rings. The van der Waals surface area contributed by atoms with Gasteiger partial charge in [-0.15, -0.1) is 0 Å². The van der Waals surface area contributed by atoms with Crippen molar-refractivity contribution in [1.82, 2.24) is 0 Å². The number of carboxylic acid groups (broad SMARTS) is 1. The standard InChI is InChI=1S/C9H16O4S/c1-9(14-2)4-3-5(10)6(7(9)11)8(12)13/h5-7,10-11H,3-4H2,1-2H3,(H,12,13).